The molecule has 0 aromatic heterocycles. The fourth-order valence-corrected chi connectivity index (χ4v) is 2.71. The van der Waals surface area contributed by atoms with Crippen molar-refractivity contribution in [2.75, 3.05) is 14.2 Å². The molecule has 0 aromatic rings. The minimum atomic E-state index is -0.220. The Balaban J connectivity index is 2.30. The van der Waals surface area contributed by atoms with Gasteiger partial charge < -0.3 is 9.47 Å². The molecule has 6 nitrogen and oxygen atoms in total. The number of ether oxygens (including phenoxy) is 2. The summed E-state index contributed by atoms with van der Waals surface area (Å²) in [6, 6.07) is 1.73. The van der Waals surface area contributed by atoms with Crippen molar-refractivity contribution in [3.63, 3.8) is 0 Å². The van der Waals surface area contributed by atoms with Gasteiger partial charge in [0.05, 0.1) is 19.8 Å². The minimum Gasteiger partial charge on any atom is -0.481 e. The number of nitrogens with one attached hydrogen (secondary N) is 1. The highest BCUT2D eigenvalue weighted by Gasteiger charge is 2.32. The Morgan fingerprint density at radius 1 is 1.43 bits per heavy atom. The summed E-state index contributed by atoms with van der Waals surface area (Å²) in [4.78, 5) is 15.7. The number of aliphatic imine (C=N–C) groups is 1. The van der Waals surface area contributed by atoms with Gasteiger partial charge in [-0.3, -0.25) is 4.79 Å². The van der Waals surface area contributed by atoms with Gasteiger partial charge in [0.1, 0.15) is 6.07 Å². The van der Waals surface area contributed by atoms with Crippen LogP contribution in [0.5, 0.6) is 0 Å². The number of rotatable bonds is 1. The summed E-state index contributed by atoms with van der Waals surface area (Å²) in [7, 11) is 2.87. The number of nitrogens with zero attached hydrogens (tertiary/aromatic N) is 2. The Hall–Kier alpha value is -2.42. The molecular formula is C15H17N3O3. The Bertz CT molecular complexity index is 596. The molecule has 2 rings (SSSR count). The van der Waals surface area contributed by atoms with Crippen LogP contribution in [-0.2, 0) is 14.3 Å². The van der Waals surface area contributed by atoms with E-state index in [-0.39, 0.29) is 29.2 Å². The van der Waals surface area contributed by atoms with Gasteiger partial charge in [0.2, 0.25) is 5.90 Å². The average Bonchev–Trinajstić information content (AvgIpc) is 2.51. The van der Waals surface area contributed by atoms with E-state index in [2.05, 4.69) is 4.99 Å². The Morgan fingerprint density at radius 3 is 2.81 bits per heavy atom. The maximum atomic E-state index is 11.7. The van der Waals surface area contributed by atoms with Gasteiger partial charge in [0.25, 0.3) is 0 Å². The van der Waals surface area contributed by atoms with E-state index in [1.165, 1.54) is 14.2 Å². The van der Waals surface area contributed by atoms with Crippen LogP contribution in [0.1, 0.15) is 19.3 Å². The summed E-state index contributed by atoms with van der Waals surface area (Å²) in [6.07, 6.45) is 5.68. The predicted octanol–water partition coefficient (Wildman–Crippen LogP) is 1.99. The van der Waals surface area contributed by atoms with Crippen molar-refractivity contribution in [3.8, 4) is 6.07 Å². The number of fused-ring (bicyclic) bond motifs is 1. The van der Waals surface area contributed by atoms with Gasteiger partial charge in [-0.15, -0.1) is 0 Å². The second-order valence-corrected chi connectivity index (χ2v) is 5.02. The van der Waals surface area contributed by atoms with Crippen LogP contribution >= 0.6 is 0 Å². The Morgan fingerprint density at radius 2 is 2.19 bits per heavy atom. The quantitative estimate of drug-likeness (QED) is 0.589. The highest BCUT2D eigenvalue weighted by molar-refractivity contribution is 6.01. The van der Waals surface area contributed by atoms with E-state index in [4.69, 9.17) is 20.1 Å². The fraction of sp³-hybridized carbons (Fsp3) is 0.467. The zero-order valence-electron chi connectivity index (χ0n) is 12.0. The first-order valence-corrected chi connectivity index (χ1v) is 6.70. The molecule has 2 atom stereocenters. The summed E-state index contributed by atoms with van der Waals surface area (Å²) in [6.45, 7) is 0. The molecule has 2 aliphatic carbocycles. The van der Waals surface area contributed by atoms with Gasteiger partial charge in [-0.05, 0) is 18.8 Å². The van der Waals surface area contributed by atoms with Crippen molar-refractivity contribution in [3.05, 3.63) is 23.3 Å². The molecule has 2 unspecified atom stereocenters. The van der Waals surface area contributed by atoms with Gasteiger partial charge in [0.15, 0.2) is 5.78 Å². The van der Waals surface area contributed by atoms with E-state index < -0.39 is 0 Å². The van der Waals surface area contributed by atoms with Crippen LogP contribution in [-0.4, -0.2) is 31.9 Å². The summed E-state index contributed by atoms with van der Waals surface area (Å²) in [5, 5.41) is 16.4. The third kappa shape index (κ3) is 3.19. The summed E-state index contributed by atoms with van der Waals surface area (Å²) < 4.78 is 9.94. The van der Waals surface area contributed by atoms with Gasteiger partial charge in [0, 0.05) is 17.9 Å². The molecule has 0 amide bonds. The number of methoxy groups -OCH3 is 2. The monoisotopic (exact) mass is 287 g/mol. The van der Waals surface area contributed by atoms with Gasteiger partial charge >= 0.3 is 6.02 Å². The summed E-state index contributed by atoms with van der Waals surface area (Å²) >= 11 is 0. The lowest BCUT2D eigenvalue weighted by Crippen LogP contribution is -2.27. The molecule has 0 heterocycles. The van der Waals surface area contributed by atoms with E-state index >= 15 is 0 Å². The minimum absolute atomic E-state index is 0.0400. The third-order valence-corrected chi connectivity index (χ3v) is 3.81. The number of hydrogen-bond donors (Lipinski definition) is 1. The number of ketones is 1. The second kappa shape index (κ2) is 6.35. The molecule has 110 valence electrons. The molecule has 6 heteroatoms. The van der Waals surface area contributed by atoms with Crippen molar-refractivity contribution >= 4 is 17.7 Å². The molecule has 0 spiro atoms. The van der Waals surface area contributed by atoms with Crippen LogP contribution in [0, 0.1) is 28.6 Å². The topological polar surface area (TPSA) is 95.5 Å². The lowest BCUT2D eigenvalue weighted by molar-refractivity contribution is -0.116. The number of Topliss-reactive ketones (excluding diaryl/α,β-unsaturated/α-hetero) is 1. The lowest BCUT2D eigenvalue weighted by Gasteiger charge is -2.30. The van der Waals surface area contributed by atoms with Crippen LogP contribution in [0.25, 0.3) is 0 Å². The Kier molecular flexibility index (Phi) is 4.53. The zero-order valence-corrected chi connectivity index (χ0v) is 12.0. The molecule has 21 heavy (non-hydrogen) atoms. The number of hydrogen-bond acceptors (Lipinski definition) is 5. The first kappa shape index (κ1) is 15.0. The highest BCUT2D eigenvalue weighted by atomic mass is 16.5. The molecule has 0 aromatic carbocycles. The SMILES string of the molecule is COC(=N)N=C(OC)C1=CC2C=C(C#N)C(=O)CC2CC1. The smallest absolute Gasteiger partial charge is 0.311 e. The molecule has 0 bridgehead atoms. The number of allylic oxidation sites excluding steroid dienone is 3. The van der Waals surface area contributed by atoms with Crippen molar-refractivity contribution in [1.29, 1.82) is 10.7 Å². The van der Waals surface area contributed by atoms with Crippen molar-refractivity contribution in [2.24, 2.45) is 16.8 Å². The van der Waals surface area contributed by atoms with Crippen LogP contribution < -0.4 is 0 Å². The van der Waals surface area contributed by atoms with E-state index in [1.807, 2.05) is 12.1 Å². The third-order valence-electron chi connectivity index (χ3n) is 3.81. The predicted molar refractivity (Wildman–Crippen MR) is 76.8 cm³/mol. The van der Waals surface area contributed by atoms with Gasteiger partial charge in [-0.25, -0.2) is 5.41 Å². The highest BCUT2D eigenvalue weighted by Crippen LogP contribution is 2.37. The number of carbonyl (C=O) groups excluding carboxylic acids is 1. The van der Waals surface area contributed by atoms with E-state index in [0.29, 0.717) is 12.3 Å². The number of carbonyl (C=O) groups is 1. The van der Waals surface area contributed by atoms with Gasteiger partial charge in [-0.1, -0.05) is 12.2 Å². The molecule has 0 fully saturated rings. The van der Waals surface area contributed by atoms with Crippen molar-refractivity contribution in [2.45, 2.75) is 19.3 Å². The molecule has 0 radical (unpaired) electrons. The number of amidine groups is 1. The zero-order chi connectivity index (χ0) is 15.4. The first-order valence-electron chi connectivity index (χ1n) is 6.70. The van der Waals surface area contributed by atoms with Crippen LogP contribution in [0.2, 0.25) is 0 Å². The van der Waals surface area contributed by atoms with E-state index in [0.717, 1.165) is 18.4 Å². The van der Waals surface area contributed by atoms with Crippen LogP contribution in [0.4, 0.5) is 0 Å². The maximum absolute atomic E-state index is 11.7. The first-order chi connectivity index (χ1) is 10.1. The van der Waals surface area contributed by atoms with Gasteiger partial charge in [-0.2, -0.15) is 10.3 Å². The van der Waals surface area contributed by atoms with Crippen LogP contribution in [0.15, 0.2) is 28.3 Å². The molecule has 1 N–H and O–H groups in total. The molecule has 0 saturated heterocycles. The molecule has 2 aliphatic rings. The Labute approximate surface area is 123 Å². The van der Waals surface area contributed by atoms with Crippen LogP contribution in [0.3, 0.4) is 0 Å². The average molecular weight is 287 g/mol. The second-order valence-electron chi connectivity index (χ2n) is 5.02. The lowest BCUT2D eigenvalue weighted by atomic mass is 9.73. The summed E-state index contributed by atoms with van der Waals surface area (Å²) in [5.74, 6) is 0.554. The molecular weight excluding hydrogens is 270 g/mol. The van der Waals surface area contributed by atoms with Crippen molar-refractivity contribution < 1.29 is 14.3 Å². The normalized spacial score (nSPS) is 25.2. The van der Waals surface area contributed by atoms with E-state index in [1.54, 1.807) is 6.08 Å². The molecule has 0 saturated carbocycles. The largest absolute Gasteiger partial charge is 0.481 e. The maximum Gasteiger partial charge on any atom is 0.311 e. The summed E-state index contributed by atoms with van der Waals surface area (Å²) in [5.41, 5.74) is 1.11. The standard InChI is InChI=1S/C15H17N3O3/c1-20-14(18-15(17)21-2)10-4-3-9-7-13(19)12(8-16)6-11(9)5-10/h5-6,9,11,17H,3-4,7H2,1-2H3. The molecule has 0 aliphatic heterocycles. The number of nitriles is 1. The van der Waals surface area contributed by atoms with E-state index in [9.17, 15) is 4.79 Å². The fourth-order valence-electron chi connectivity index (χ4n) is 2.71. The van der Waals surface area contributed by atoms with Crippen molar-refractivity contribution in [1.82, 2.24) is 0 Å².